The fourth-order valence-corrected chi connectivity index (χ4v) is 1.94. The van der Waals surface area contributed by atoms with E-state index < -0.39 is 11.4 Å². The molecule has 0 spiro atoms. The van der Waals surface area contributed by atoms with Gasteiger partial charge in [-0.25, -0.2) is 14.8 Å². The second-order valence-electron chi connectivity index (χ2n) is 5.07. The normalized spacial score (nSPS) is 11.4. The summed E-state index contributed by atoms with van der Waals surface area (Å²) >= 11 is 1.60. The van der Waals surface area contributed by atoms with Crippen molar-refractivity contribution in [2.75, 3.05) is 5.75 Å². The van der Waals surface area contributed by atoms with E-state index in [9.17, 15) is 14.7 Å². The average molecular weight is 282 g/mol. The maximum Gasteiger partial charge on any atom is 0.355 e. The monoisotopic (exact) mass is 282 g/mol. The van der Waals surface area contributed by atoms with Crippen LogP contribution in [0.25, 0.3) is 0 Å². The first-order valence-electron chi connectivity index (χ1n) is 5.99. The predicted octanol–water partition coefficient (Wildman–Crippen LogP) is 2.66. The van der Waals surface area contributed by atoms with Crippen LogP contribution < -0.4 is 0 Å². The minimum Gasteiger partial charge on any atom is -0.476 e. The molecule has 0 amide bonds. The minimum absolute atomic E-state index is 0.0743. The Bertz CT molecular complexity index is 495. The quantitative estimate of drug-likeness (QED) is 0.836. The number of Topliss-reactive ketones (excluding diaryl/α,β-unsaturated/α-hetero) is 1. The van der Waals surface area contributed by atoms with E-state index in [1.165, 1.54) is 6.20 Å². The molecule has 0 radical (unpaired) electrons. The number of hydrogen-bond donors (Lipinski definition) is 1. The summed E-state index contributed by atoms with van der Waals surface area (Å²) in [5.41, 5.74) is -0.792. The number of carbonyl (C=O) groups is 2. The van der Waals surface area contributed by atoms with Gasteiger partial charge < -0.3 is 5.11 Å². The molecular weight excluding hydrogens is 264 g/mol. The van der Waals surface area contributed by atoms with Crippen LogP contribution in [-0.2, 0) is 5.75 Å². The summed E-state index contributed by atoms with van der Waals surface area (Å²) in [6.07, 6.45) is 1.33. The van der Waals surface area contributed by atoms with E-state index in [2.05, 4.69) is 9.97 Å². The van der Waals surface area contributed by atoms with Gasteiger partial charge in [-0.15, -0.1) is 0 Å². The highest BCUT2D eigenvalue weighted by Gasteiger charge is 2.28. The van der Waals surface area contributed by atoms with Crippen LogP contribution in [0.2, 0.25) is 0 Å². The third-order valence-corrected chi connectivity index (χ3v) is 3.27. The molecule has 19 heavy (non-hydrogen) atoms. The Morgan fingerprint density at radius 2 is 2.00 bits per heavy atom. The lowest BCUT2D eigenvalue weighted by Crippen LogP contribution is -2.24. The molecule has 0 aliphatic carbocycles. The highest BCUT2D eigenvalue weighted by atomic mass is 32.2. The lowest BCUT2D eigenvalue weighted by atomic mass is 9.86. The molecule has 0 aromatic carbocycles. The van der Waals surface area contributed by atoms with Crippen LogP contribution in [-0.4, -0.2) is 32.6 Å². The largest absolute Gasteiger partial charge is 0.476 e. The van der Waals surface area contributed by atoms with E-state index >= 15 is 0 Å². The van der Waals surface area contributed by atoms with Crippen LogP contribution in [0.3, 0.4) is 0 Å². The molecule has 5 nitrogen and oxygen atoms in total. The van der Waals surface area contributed by atoms with Gasteiger partial charge in [0, 0.05) is 11.6 Å². The van der Waals surface area contributed by atoms with Crippen molar-refractivity contribution in [3.05, 3.63) is 23.3 Å². The van der Waals surface area contributed by atoms with Crippen molar-refractivity contribution in [3.8, 4) is 0 Å². The van der Waals surface area contributed by atoms with Crippen LogP contribution in [0.4, 0.5) is 0 Å². The number of aromatic carboxylic acids is 1. The van der Waals surface area contributed by atoms with Gasteiger partial charge in [-0.1, -0.05) is 27.7 Å². The summed E-state index contributed by atoms with van der Waals surface area (Å²) in [6, 6.07) is 0. The van der Waals surface area contributed by atoms with Crippen LogP contribution in [0, 0.1) is 5.41 Å². The Labute approximate surface area is 116 Å². The maximum atomic E-state index is 12.2. The van der Waals surface area contributed by atoms with Crippen molar-refractivity contribution in [3.63, 3.8) is 0 Å². The Kier molecular flexibility index (Phi) is 5.05. The molecular formula is C13H18N2O3S. The van der Waals surface area contributed by atoms with Crippen molar-refractivity contribution >= 4 is 23.5 Å². The van der Waals surface area contributed by atoms with Crippen LogP contribution in [0.1, 0.15) is 54.4 Å². The van der Waals surface area contributed by atoms with E-state index in [1.54, 1.807) is 32.5 Å². The minimum atomic E-state index is -1.20. The predicted molar refractivity (Wildman–Crippen MR) is 74.6 cm³/mol. The molecule has 1 aromatic heterocycles. The second kappa shape index (κ2) is 6.14. The Balaban J connectivity index is 3.19. The summed E-state index contributed by atoms with van der Waals surface area (Å²) in [5, 5.41) is 9.18. The average Bonchev–Trinajstić information content (AvgIpc) is 2.34. The number of rotatable bonds is 5. The molecule has 0 aliphatic heterocycles. The number of aromatic nitrogens is 2. The highest BCUT2D eigenvalue weighted by Crippen LogP contribution is 2.22. The zero-order valence-corrected chi connectivity index (χ0v) is 12.4. The van der Waals surface area contributed by atoms with E-state index in [1.807, 2.05) is 6.92 Å². The zero-order valence-electron chi connectivity index (χ0n) is 11.6. The maximum absolute atomic E-state index is 12.2. The van der Waals surface area contributed by atoms with Crippen molar-refractivity contribution in [2.45, 2.75) is 33.4 Å². The van der Waals surface area contributed by atoms with Gasteiger partial charge in [0.1, 0.15) is 5.82 Å². The summed E-state index contributed by atoms with van der Waals surface area (Å²) < 4.78 is 0. The topological polar surface area (TPSA) is 80.2 Å². The number of carbonyl (C=O) groups excluding carboxylic acids is 1. The van der Waals surface area contributed by atoms with Gasteiger partial charge in [0.15, 0.2) is 11.5 Å². The Hall–Kier alpha value is -1.43. The first-order chi connectivity index (χ1) is 8.77. The molecule has 1 rings (SSSR count). The van der Waals surface area contributed by atoms with E-state index in [0.29, 0.717) is 11.6 Å². The van der Waals surface area contributed by atoms with E-state index in [0.717, 1.165) is 5.75 Å². The molecule has 1 N–H and O–H groups in total. The molecule has 1 heterocycles. The number of hydrogen-bond acceptors (Lipinski definition) is 5. The van der Waals surface area contributed by atoms with Crippen molar-refractivity contribution < 1.29 is 14.7 Å². The number of carboxylic acid groups (broad SMARTS) is 1. The standard InChI is InChI=1S/C13H18N2O3S/c1-5-19-7-9-14-6-8(10(15-9)12(17)18)11(16)13(2,3)4/h6H,5,7H2,1-4H3,(H,17,18). The highest BCUT2D eigenvalue weighted by molar-refractivity contribution is 7.98. The van der Waals surface area contributed by atoms with Gasteiger partial charge in [-0.2, -0.15) is 11.8 Å². The second-order valence-corrected chi connectivity index (χ2v) is 6.34. The van der Waals surface area contributed by atoms with Gasteiger partial charge in [-0.3, -0.25) is 4.79 Å². The third-order valence-electron chi connectivity index (χ3n) is 2.40. The smallest absolute Gasteiger partial charge is 0.355 e. The van der Waals surface area contributed by atoms with Gasteiger partial charge in [0.2, 0.25) is 0 Å². The lowest BCUT2D eigenvalue weighted by Gasteiger charge is -2.17. The van der Waals surface area contributed by atoms with Gasteiger partial charge >= 0.3 is 5.97 Å². The summed E-state index contributed by atoms with van der Waals surface area (Å²) in [6.45, 7) is 7.21. The Morgan fingerprint density at radius 1 is 1.37 bits per heavy atom. The number of nitrogens with zero attached hydrogens (tertiary/aromatic N) is 2. The SMILES string of the molecule is CCSCc1ncc(C(=O)C(C)(C)C)c(C(=O)O)n1. The Morgan fingerprint density at radius 3 is 2.47 bits per heavy atom. The number of ketones is 1. The van der Waals surface area contributed by atoms with E-state index in [4.69, 9.17) is 0 Å². The van der Waals surface area contributed by atoms with Gasteiger partial charge in [0.25, 0.3) is 0 Å². The summed E-state index contributed by atoms with van der Waals surface area (Å²) in [7, 11) is 0. The molecule has 0 unspecified atom stereocenters. The van der Waals surface area contributed by atoms with Crippen LogP contribution in [0.5, 0.6) is 0 Å². The van der Waals surface area contributed by atoms with Gasteiger partial charge in [0.05, 0.1) is 11.3 Å². The van der Waals surface area contributed by atoms with Crippen molar-refractivity contribution in [2.24, 2.45) is 5.41 Å². The fraction of sp³-hybridized carbons (Fsp3) is 0.538. The van der Waals surface area contributed by atoms with Crippen LogP contribution >= 0.6 is 11.8 Å². The molecule has 0 bridgehead atoms. The number of thioether (sulfide) groups is 1. The van der Waals surface area contributed by atoms with Crippen molar-refractivity contribution in [1.82, 2.24) is 9.97 Å². The molecule has 0 fully saturated rings. The first-order valence-corrected chi connectivity index (χ1v) is 7.14. The zero-order chi connectivity index (χ0) is 14.6. The fourth-order valence-electron chi connectivity index (χ4n) is 1.41. The third kappa shape index (κ3) is 4.02. The van der Waals surface area contributed by atoms with Gasteiger partial charge in [-0.05, 0) is 5.75 Å². The van der Waals surface area contributed by atoms with Crippen molar-refractivity contribution in [1.29, 1.82) is 0 Å². The molecule has 0 aliphatic rings. The van der Waals surface area contributed by atoms with Crippen LogP contribution in [0.15, 0.2) is 6.20 Å². The molecule has 1 aromatic rings. The number of carboxylic acids is 1. The molecule has 0 saturated carbocycles. The molecule has 0 saturated heterocycles. The first kappa shape index (κ1) is 15.6. The summed E-state index contributed by atoms with van der Waals surface area (Å²) in [5.74, 6) is 0.418. The molecule has 104 valence electrons. The summed E-state index contributed by atoms with van der Waals surface area (Å²) in [4.78, 5) is 31.5. The molecule has 6 heteroatoms. The lowest BCUT2D eigenvalue weighted by molar-refractivity contribution is 0.0680. The molecule has 0 atom stereocenters. The van der Waals surface area contributed by atoms with E-state index in [-0.39, 0.29) is 17.0 Å².